The molecule has 0 atom stereocenters. The van der Waals surface area contributed by atoms with E-state index >= 15 is 0 Å². The Morgan fingerprint density at radius 1 is 1.53 bits per heavy atom. The Balaban J connectivity index is 2.09. The van der Waals surface area contributed by atoms with Gasteiger partial charge in [-0.05, 0) is 22.4 Å². The van der Waals surface area contributed by atoms with Crippen molar-refractivity contribution in [1.29, 1.82) is 0 Å². The molecule has 0 aliphatic carbocycles. The van der Waals surface area contributed by atoms with Gasteiger partial charge in [-0.3, -0.25) is 4.79 Å². The summed E-state index contributed by atoms with van der Waals surface area (Å²) in [6.07, 6.45) is 1.07. The summed E-state index contributed by atoms with van der Waals surface area (Å²) in [5, 5.41) is 10.2. The first-order chi connectivity index (χ1) is 9.09. The van der Waals surface area contributed by atoms with Crippen LogP contribution in [0.15, 0.2) is 27.9 Å². The molecule has 0 radical (unpaired) electrons. The Morgan fingerprint density at radius 2 is 2.32 bits per heavy atom. The van der Waals surface area contributed by atoms with E-state index in [-0.39, 0.29) is 22.1 Å². The van der Waals surface area contributed by atoms with Crippen molar-refractivity contribution in [2.45, 2.75) is 0 Å². The van der Waals surface area contributed by atoms with Gasteiger partial charge in [0.2, 0.25) is 11.5 Å². The van der Waals surface area contributed by atoms with Crippen molar-refractivity contribution in [2.24, 2.45) is 5.10 Å². The van der Waals surface area contributed by atoms with Crippen LogP contribution < -0.4 is 11.2 Å². The molecule has 0 bridgehead atoms. The molecule has 1 heterocycles. The molecule has 19 heavy (non-hydrogen) atoms. The summed E-state index contributed by atoms with van der Waals surface area (Å²) in [5.41, 5.74) is 7.24. The van der Waals surface area contributed by atoms with Gasteiger partial charge in [0.15, 0.2) is 0 Å². The third-order valence-corrected chi connectivity index (χ3v) is 2.42. The van der Waals surface area contributed by atoms with E-state index in [0.717, 1.165) is 6.21 Å². The zero-order valence-corrected chi connectivity index (χ0v) is 10.1. The molecule has 1 aromatic heterocycles. The highest BCUT2D eigenvalue weighted by molar-refractivity contribution is 6.33. The van der Waals surface area contributed by atoms with Crippen molar-refractivity contribution in [2.75, 3.05) is 5.73 Å². The van der Waals surface area contributed by atoms with E-state index in [1.807, 2.05) is 0 Å². The number of carbonyl (C=O) groups excluding carboxylic acids is 1. The second-order valence-corrected chi connectivity index (χ2v) is 3.74. The minimum Gasteiger partial charge on any atom is -0.379 e. The summed E-state index contributed by atoms with van der Waals surface area (Å²) in [6, 6.07) is 4.16. The van der Waals surface area contributed by atoms with Crippen LogP contribution in [0.25, 0.3) is 0 Å². The number of nitrogens with one attached hydrogen (secondary N) is 1. The van der Waals surface area contributed by atoms with E-state index in [2.05, 4.69) is 25.5 Å². The van der Waals surface area contributed by atoms with Gasteiger partial charge in [-0.2, -0.15) is 5.10 Å². The lowest BCUT2D eigenvalue weighted by Gasteiger charge is -1.99. The average molecular weight is 284 g/mol. The fraction of sp³-hybridized carbons (Fsp3) is 0. The number of anilines is 1. The summed E-state index contributed by atoms with van der Waals surface area (Å²) in [5.74, 6) is -1.47. The first-order valence-electron chi connectivity index (χ1n) is 4.95. The molecule has 0 spiro atoms. The maximum absolute atomic E-state index is 13.4. The molecule has 2 aromatic rings. The van der Waals surface area contributed by atoms with Gasteiger partial charge >= 0.3 is 0 Å². The van der Waals surface area contributed by atoms with Gasteiger partial charge in [-0.25, -0.2) is 14.4 Å². The number of carbonyl (C=O) groups is 1. The van der Waals surface area contributed by atoms with E-state index in [1.165, 1.54) is 18.2 Å². The van der Waals surface area contributed by atoms with Gasteiger partial charge < -0.3 is 5.73 Å². The SMILES string of the molecule is Nc1nonc1C(=O)NN=Cc1c(F)cccc1Cl. The fourth-order valence-electron chi connectivity index (χ4n) is 1.20. The Bertz CT molecular complexity index is 622. The van der Waals surface area contributed by atoms with Crippen molar-refractivity contribution >= 4 is 29.5 Å². The van der Waals surface area contributed by atoms with E-state index in [4.69, 9.17) is 17.3 Å². The van der Waals surface area contributed by atoms with Crippen LogP contribution in [0.4, 0.5) is 10.2 Å². The lowest BCUT2D eigenvalue weighted by molar-refractivity contribution is 0.0946. The first-order valence-corrected chi connectivity index (χ1v) is 5.33. The number of hydrogen-bond acceptors (Lipinski definition) is 6. The van der Waals surface area contributed by atoms with Crippen LogP contribution >= 0.6 is 11.6 Å². The van der Waals surface area contributed by atoms with Gasteiger partial charge in [-0.1, -0.05) is 17.7 Å². The highest BCUT2D eigenvalue weighted by atomic mass is 35.5. The molecule has 0 unspecified atom stereocenters. The molecule has 9 heteroatoms. The zero-order chi connectivity index (χ0) is 13.8. The average Bonchev–Trinajstić information content (AvgIpc) is 2.79. The quantitative estimate of drug-likeness (QED) is 0.650. The number of hydrazone groups is 1. The van der Waals surface area contributed by atoms with Gasteiger partial charge in [0, 0.05) is 5.56 Å². The highest BCUT2D eigenvalue weighted by Gasteiger charge is 2.15. The lowest BCUT2D eigenvalue weighted by atomic mass is 10.2. The van der Waals surface area contributed by atoms with Crippen LogP contribution in [-0.2, 0) is 0 Å². The molecular weight excluding hydrogens is 277 g/mol. The minimum atomic E-state index is -0.734. The Hall–Kier alpha value is -2.48. The molecular formula is C10H7ClFN5O2. The molecule has 1 aromatic carbocycles. The van der Waals surface area contributed by atoms with E-state index in [1.54, 1.807) is 0 Å². The molecule has 0 saturated heterocycles. The number of nitrogen functional groups attached to an aromatic ring is 1. The van der Waals surface area contributed by atoms with Crippen LogP contribution in [0, 0.1) is 5.82 Å². The van der Waals surface area contributed by atoms with Crippen molar-refractivity contribution in [3.8, 4) is 0 Å². The van der Waals surface area contributed by atoms with Crippen LogP contribution in [0.5, 0.6) is 0 Å². The molecule has 0 fully saturated rings. The number of benzene rings is 1. The Kier molecular flexibility index (Phi) is 3.71. The van der Waals surface area contributed by atoms with Crippen LogP contribution in [0.2, 0.25) is 5.02 Å². The van der Waals surface area contributed by atoms with Gasteiger partial charge in [0.1, 0.15) is 5.82 Å². The van der Waals surface area contributed by atoms with E-state index < -0.39 is 11.7 Å². The molecule has 0 aliphatic heterocycles. The summed E-state index contributed by atoms with van der Waals surface area (Å²) in [6.45, 7) is 0. The van der Waals surface area contributed by atoms with Crippen molar-refractivity contribution in [3.63, 3.8) is 0 Å². The third-order valence-electron chi connectivity index (χ3n) is 2.09. The summed E-state index contributed by atoms with van der Waals surface area (Å²) >= 11 is 5.77. The fourth-order valence-corrected chi connectivity index (χ4v) is 1.41. The Morgan fingerprint density at radius 3 is 2.95 bits per heavy atom. The number of rotatable bonds is 3. The van der Waals surface area contributed by atoms with Crippen molar-refractivity contribution < 1.29 is 13.8 Å². The number of nitrogens with zero attached hydrogens (tertiary/aromatic N) is 3. The topological polar surface area (TPSA) is 106 Å². The number of aromatic nitrogens is 2. The maximum atomic E-state index is 13.4. The summed E-state index contributed by atoms with van der Waals surface area (Å²) in [7, 11) is 0. The monoisotopic (exact) mass is 283 g/mol. The molecule has 0 aliphatic rings. The number of amides is 1. The molecule has 1 amide bonds. The van der Waals surface area contributed by atoms with Crippen LogP contribution in [0.1, 0.15) is 16.1 Å². The zero-order valence-electron chi connectivity index (χ0n) is 9.30. The second-order valence-electron chi connectivity index (χ2n) is 3.33. The first kappa shape index (κ1) is 13.0. The van der Waals surface area contributed by atoms with Crippen molar-refractivity contribution in [3.05, 3.63) is 40.3 Å². The molecule has 7 nitrogen and oxygen atoms in total. The predicted octanol–water partition coefficient (Wildman–Crippen LogP) is 1.21. The Labute approximate surface area is 111 Å². The van der Waals surface area contributed by atoms with Crippen molar-refractivity contribution in [1.82, 2.24) is 15.7 Å². The van der Waals surface area contributed by atoms with Crippen LogP contribution in [0.3, 0.4) is 0 Å². The standard InChI is InChI=1S/C10H7ClFN5O2/c11-6-2-1-3-7(12)5(6)4-14-15-10(18)8-9(13)17-19-16-8/h1-4H,(H2,13,17)(H,15,18). The lowest BCUT2D eigenvalue weighted by Crippen LogP contribution is -2.19. The minimum absolute atomic E-state index is 0.0516. The van der Waals surface area contributed by atoms with Gasteiger partial charge in [-0.15, -0.1) is 0 Å². The largest absolute Gasteiger partial charge is 0.379 e. The van der Waals surface area contributed by atoms with E-state index in [9.17, 15) is 9.18 Å². The molecule has 2 rings (SSSR count). The number of hydrogen-bond donors (Lipinski definition) is 2. The highest BCUT2D eigenvalue weighted by Crippen LogP contribution is 2.16. The summed E-state index contributed by atoms with van der Waals surface area (Å²) < 4.78 is 17.6. The smallest absolute Gasteiger partial charge is 0.297 e. The van der Waals surface area contributed by atoms with Gasteiger partial charge in [0.25, 0.3) is 5.91 Å². The van der Waals surface area contributed by atoms with Crippen LogP contribution in [-0.4, -0.2) is 22.4 Å². The van der Waals surface area contributed by atoms with E-state index in [0.29, 0.717) is 0 Å². The molecule has 0 saturated carbocycles. The maximum Gasteiger partial charge on any atom is 0.297 e. The predicted molar refractivity (Wildman–Crippen MR) is 65.2 cm³/mol. The number of nitrogens with two attached hydrogens (primary N) is 1. The normalized spacial score (nSPS) is 10.8. The molecule has 3 N–H and O–H groups in total. The second kappa shape index (κ2) is 5.44. The third kappa shape index (κ3) is 2.86. The summed E-state index contributed by atoms with van der Waals surface area (Å²) in [4.78, 5) is 11.5. The van der Waals surface area contributed by atoms with Gasteiger partial charge in [0.05, 0.1) is 11.2 Å². The number of halogens is 2. The molecule has 98 valence electrons.